The van der Waals surface area contributed by atoms with Crippen LogP contribution in [0.2, 0.25) is 5.02 Å². The molecule has 4 heteroatoms. The van der Waals surface area contributed by atoms with Crippen LogP contribution in [-0.4, -0.2) is 12.2 Å². The van der Waals surface area contributed by atoms with Crippen molar-refractivity contribution in [2.45, 2.75) is 20.0 Å². The Morgan fingerprint density at radius 2 is 1.85 bits per heavy atom. The summed E-state index contributed by atoms with van der Waals surface area (Å²) in [6, 6.07) is 9.37. The normalized spacial score (nSPS) is 12.3. The van der Waals surface area contributed by atoms with Crippen molar-refractivity contribution in [2.75, 3.05) is 7.11 Å². The summed E-state index contributed by atoms with van der Waals surface area (Å²) in [6.45, 7) is 4.07. The lowest BCUT2D eigenvalue weighted by molar-refractivity contribution is 0.214. The third-order valence-electron chi connectivity index (χ3n) is 3.38. The lowest BCUT2D eigenvalue weighted by Crippen LogP contribution is -2.04. The van der Waals surface area contributed by atoms with Crippen LogP contribution in [0.4, 0.5) is 0 Å². The van der Waals surface area contributed by atoms with Crippen LogP contribution in [0, 0.1) is 13.8 Å². The van der Waals surface area contributed by atoms with E-state index in [0.717, 1.165) is 15.6 Å². The number of aliphatic hydroxyl groups excluding tert-OH is 1. The molecular formula is C16H16BrClO2. The monoisotopic (exact) mass is 354 g/mol. The van der Waals surface area contributed by atoms with Crippen molar-refractivity contribution in [3.63, 3.8) is 0 Å². The van der Waals surface area contributed by atoms with Gasteiger partial charge in [-0.1, -0.05) is 29.8 Å². The highest BCUT2D eigenvalue weighted by Gasteiger charge is 2.19. The molecule has 1 atom stereocenters. The van der Waals surface area contributed by atoms with E-state index in [0.29, 0.717) is 16.3 Å². The first-order chi connectivity index (χ1) is 9.43. The van der Waals surface area contributed by atoms with E-state index in [1.54, 1.807) is 19.2 Å². The molecule has 2 nitrogen and oxygen atoms in total. The summed E-state index contributed by atoms with van der Waals surface area (Å²) in [7, 11) is 1.57. The first-order valence-corrected chi connectivity index (χ1v) is 7.39. The lowest BCUT2D eigenvalue weighted by Gasteiger charge is -2.18. The average molecular weight is 356 g/mol. The van der Waals surface area contributed by atoms with Crippen molar-refractivity contribution in [1.82, 2.24) is 0 Å². The van der Waals surface area contributed by atoms with Gasteiger partial charge >= 0.3 is 0 Å². The van der Waals surface area contributed by atoms with Gasteiger partial charge in [-0.25, -0.2) is 0 Å². The van der Waals surface area contributed by atoms with Gasteiger partial charge in [-0.05, 0) is 58.6 Å². The molecule has 0 amide bonds. The molecule has 0 aromatic heterocycles. The molecule has 1 unspecified atom stereocenters. The Morgan fingerprint density at radius 3 is 2.45 bits per heavy atom. The molecule has 0 saturated carbocycles. The van der Waals surface area contributed by atoms with Crippen LogP contribution in [0.5, 0.6) is 5.75 Å². The van der Waals surface area contributed by atoms with Crippen LogP contribution in [0.15, 0.2) is 34.8 Å². The number of aryl methyl sites for hydroxylation is 2. The predicted octanol–water partition coefficient (Wildman–Crippen LogP) is 4.81. The maximum atomic E-state index is 10.6. The molecule has 0 bridgehead atoms. The van der Waals surface area contributed by atoms with Gasteiger partial charge in [0.15, 0.2) is 0 Å². The molecule has 0 aliphatic carbocycles. The Hall–Kier alpha value is -1.03. The molecule has 2 rings (SSSR count). The van der Waals surface area contributed by atoms with Gasteiger partial charge in [-0.15, -0.1) is 0 Å². The van der Waals surface area contributed by atoms with Crippen LogP contribution >= 0.6 is 27.5 Å². The maximum Gasteiger partial charge on any atom is 0.139 e. The van der Waals surface area contributed by atoms with E-state index in [4.69, 9.17) is 16.3 Å². The summed E-state index contributed by atoms with van der Waals surface area (Å²) < 4.78 is 6.09. The summed E-state index contributed by atoms with van der Waals surface area (Å²) in [5.74, 6) is 0.597. The number of methoxy groups -OCH3 is 1. The smallest absolute Gasteiger partial charge is 0.139 e. The number of aliphatic hydroxyl groups is 1. The number of benzene rings is 2. The fourth-order valence-electron chi connectivity index (χ4n) is 2.11. The van der Waals surface area contributed by atoms with Gasteiger partial charge in [0.2, 0.25) is 0 Å². The molecule has 1 N–H and O–H groups in total. The van der Waals surface area contributed by atoms with Gasteiger partial charge in [0.1, 0.15) is 11.9 Å². The minimum Gasteiger partial charge on any atom is -0.495 e. The summed E-state index contributed by atoms with van der Waals surface area (Å²) in [5.41, 5.74) is 3.80. The maximum absolute atomic E-state index is 10.6. The number of ether oxygens (including phenoxy) is 1. The van der Waals surface area contributed by atoms with Gasteiger partial charge in [0.05, 0.1) is 11.6 Å². The van der Waals surface area contributed by atoms with Crippen LogP contribution in [0.1, 0.15) is 28.4 Å². The molecule has 0 fully saturated rings. The minimum atomic E-state index is -0.778. The van der Waals surface area contributed by atoms with E-state index in [-0.39, 0.29) is 0 Å². The number of hydrogen-bond acceptors (Lipinski definition) is 2. The molecule has 2 aromatic rings. The Bertz CT molecular complexity index is 641. The Morgan fingerprint density at radius 1 is 1.15 bits per heavy atom. The van der Waals surface area contributed by atoms with E-state index in [1.807, 2.05) is 32.0 Å². The third-order valence-corrected chi connectivity index (χ3v) is 4.19. The van der Waals surface area contributed by atoms with Gasteiger partial charge in [0, 0.05) is 10.6 Å². The van der Waals surface area contributed by atoms with Crippen LogP contribution in [0.3, 0.4) is 0 Å². The minimum absolute atomic E-state index is 0.551. The van der Waals surface area contributed by atoms with Gasteiger partial charge in [-0.3, -0.25) is 0 Å². The second-order valence-corrected chi connectivity index (χ2v) is 6.05. The first-order valence-electron chi connectivity index (χ1n) is 6.22. The van der Waals surface area contributed by atoms with Gasteiger partial charge < -0.3 is 9.84 Å². The summed E-state index contributed by atoms with van der Waals surface area (Å²) in [6.07, 6.45) is -0.778. The second-order valence-electron chi connectivity index (χ2n) is 4.76. The molecule has 0 heterocycles. The van der Waals surface area contributed by atoms with Crippen molar-refractivity contribution in [1.29, 1.82) is 0 Å². The number of rotatable bonds is 3. The lowest BCUT2D eigenvalue weighted by atomic mass is 9.97. The van der Waals surface area contributed by atoms with Crippen LogP contribution in [-0.2, 0) is 0 Å². The van der Waals surface area contributed by atoms with Crippen molar-refractivity contribution in [3.05, 3.63) is 62.1 Å². The quantitative estimate of drug-likeness (QED) is 0.856. The molecule has 0 spiro atoms. The fourth-order valence-corrected chi connectivity index (χ4v) is 3.11. The molecule has 20 heavy (non-hydrogen) atoms. The molecule has 0 saturated heterocycles. The SMILES string of the molecule is COc1c(Br)cc(Cl)cc1C(O)c1ccc(C)c(C)c1. The zero-order valence-corrected chi connectivity index (χ0v) is 13.9. The highest BCUT2D eigenvalue weighted by atomic mass is 79.9. The fraction of sp³-hybridized carbons (Fsp3) is 0.250. The highest BCUT2D eigenvalue weighted by Crippen LogP contribution is 2.38. The van der Waals surface area contributed by atoms with Crippen molar-refractivity contribution in [3.8, 4) is 5.75 Å². The van der Waals surface area contributed by atoms with E-state index >= 15 is 0 Å². The average Bonchev–Trinajstić information content (AvgIpc) is 2.40. The number of hydrogen-bond donors (Lipinski definition) is 1. The van der Waals surface area contributed by atoms with E-state index in [1.165, 1.54) is 5.56 Å². The van der Waals surface area contributed by atoms with Crippen LogP contribution in [0.25, 0.3) is 0 Å². The molecule has 0 radical (unpaired) electrons. The molecule has 2 aromatic carbocycles. The van der Waals surface area contributed by atoms with Crippen LogP contribution < -0.4 is 4.74 Å². The summed E-state index contributed by atoms with van der Waals surface area (Å²) in [4.78, 5) is 0. The molecule has 106 valence electrons. The van der Waals surface area contributed by atoms with Gasteiger partial charge in [0.25, 0.3) is 0 Å². The predicted molar refractivity (Wildman–Crippen MR) is 85.7 cm³/mol. The van der Waals surface area contributed by atoms with E-state index in [9.17, 15) is 5.11 Å². The van der Waals surface area contributed by atoms with Crippen molar-refractivity contribution >= 4 is 27.5 Å². The van der Waals surface area contributed by atoms with Crippen molar-refractivity contribution in [2.24, 2.45) is 0 Å². The Kier molecular flexibility index (Phi) is 4.74. The first kappa shape index (κ1) is 15.4. The molecule has 0 aliphatic rings. The zero-order chi connectivity index (χ0) is 14.9. The largest absolute Gasteiger partial charge is 0.495 e. The van der Waals surface area contributed by atoms with Gasteiger partial charge in [-0.2, -0.15) is 0 Å². The van der Waals surface area contributed by atoms with E-state index in [2.05, 4.69) is 15.9 Å². The number of halogens is 2. The summed E-state index contributed by atoms with van der Waals surface area (Å²) in [5, 5.41) is 11.2. The Balaban J connectivity index is 2.52. The van der Waals surface area contributed by atoms with E-state index < -0.39 is 6.10 Å². The van der Waals surface area contributed by atoms with Crippen molar-refractivity contribution < 1.29 is 9.84 Å². The Labute approximate surface area is 132 Å². The topological polar surface area (TPSA) is 29.5 Å². The second kappa shape index (κ2) is 6.17. The third kappa shape index (κ3) is 3.00. The zero-order valence-electron chi connectivity index (χ0n) is 11.6. The standard InChI is InChI=1S/C16H16BrClO2/c1-9-4-5-11(6-10(9)2)15(19)13-7-12(18)8-14(17)16(13)20-3/h4-8,15,19H,1-3H3. The molecule has 0 aliphatic heterocycles. The highest BCUT2D eigenvalue weighted by molar-refractivity contribution is 9.10. The molecular weight excluding hydrogens is 340 g/mol. The summed E-state index contributed by atoms with van der Waals surface area (Å²) >= 11 is 9.47.